The smallest absolute Gasteiger partial charge is 0.241 e. The van der Waals surface area contributed by atoms with Crippen molar-refractivity contribution in [2.75, 3.05) is 13.2 Å². The topological polar surface area (TPSA) is 51.4 Å². The Morgan fingerprint density at radius 3 is 2.60 bits per heavy atom. The lowest BCUT2D eigenvalue weighted by atomic mass is 9.93. The monoisotopic (exact) mass is 343 g/mol. The summed E-state index contributed by atoms with van der Waals surface area (Å²) in [4.78, 5) is 7.02. The molecule has 1 aliphatic heterocycles. The zero-order chi connectivity index (χ0) is 17.9. The Labute approximate surface area is 150 Å². The standard InChI is InChI=1S/C20H29N3O2/c1-5-15-7-9-16(10-8-15)19-21-18(25-22-19)14-23(6-2)17-11-12-24-20(3,4)13-17/h7-10,17H,5-6,11-14H2,1-4H3. The summed E-state index contributed by atoms with van der Waals surface area (Å²) in [6.07, 6.45) is 3.11. The van der Waals surface area contributed by atoms with Crippen LogP contribution in [-0.4, -0.2) is 39.8 Å². The number of rotatable bonds is 6. The van der Waals surface area contributed by atoms with Crippen LogP contribution in [0.25, 0.3) is 11.4 Å². The molecule has 1 fully saturated rings. The average Bonchev–Trinajstić information content (AvgIpc) is 3.07. The molecule has 1 aromatic heterocycles. The lowest BCUT2D eigenvalue weighted by Gasteiger charge is -2.40. The fraction of sp³-hybridized carbons (Fsp3) is 0.600. The van der Waals surface area contributed by atoms with E-state index in [0.29, 0.717) is 24.3 Å². The van der Waals surface area contributed by atoms with Gasteiger partial charge in [0.15, 0.2) is 0 Å². The number of hydrogen-bond acceptors (Lipinski definition) is 5. The quantitative estimate of drug-likeness (QED) is 0.791. The van der Waals surface area contributed by atoms with Gasteiger partial charge >= 0.3 is 0 Å². The summed E-state index contributed by atoms with van der Waals surface area (Å²) in [6.45, 7) is 11.1. The first-order valence-corrected chi connectivity index (χ1v) is 9.30. The predicted octanol–water partition coefficient (Wildman–Crippen LogP) is 4.08. The van der Waals surface area contributed by atoms with Gasteiger partial charge in [-0.1, -0.05) is 43.3 Å². The Bertz CT molecular complexity index is 679. The Morgan fingerprint density at radius 2 is 1.96 bits per heavy atom. The van der Waals surface area contributed by atoms with Gasteiger partial charge in [-0.15, -0.1) is 0 Å². The normalized spacial score (nSPS) is 20.1. The van der Waals surface area contributed by atoms with Crippen LogP contribution in [0.4, 0.5) is 0 Å². The molecule has 1 aliphatic rings. The third-order valence-corrected chi connectivity index (χ3v) is 5.02. The van der Waals surface area contributed by atoms with E-state index in [-0.39, 0.29) is 5.60 Å². The number of ether oxygens (including phenoxy) is 1. The lowest BCUT2D eigenvalue weighted by Crippen LogP contribution is -2.45. The van der Waals surface area contributed by atoms with Gasteiger partial charge in [0.1, 0.15) is 0 Å². The van der Waals surface area contributed by atoms with Crippen LogP contribution >= 0.6 is 0 Å². The molecular weight excluding hydrogens is 314 g/mol. The zero-order valence-corrected chi connectivity index (χ0v) is 15.8. The van der Waals surface area contributed by atoms with E-state index in [2.05, 4.69) is 67.0 Å². The number of nitrogens with zero attached hydrogens (tertiary/aromatic N) is 3. The van der Waals surface area contributed by atoms with Crippen LogP contribution in [0, 0.1) is 0 Å². The molecule has 2 heterocycles. The highest BCUT2D eigenvalue weighted by Crippen LogP contribution is 2.28. The summed E-state index contributed by atoms with van der Waals surface area (Å²) in [5.74, 6) is 1.35. The molecule has 1 aromatic carbocycles. The fourth-order valence-electron chi connectivity index (χ4n) is 3.51. The van der Waals surface area contributed by atoms with E-state index in [1.165, 1.54) is 5.56 Å². The SMILES string of the molecule is CCc1ccc(-c2noc(CN(CC)C3CCOC(C)(C)C3)n2)cc1. The molecule has 136 valence electrons. The highest BCUT2D eigenvalue weighted by Gasteiger charge is 2.32. The van der Waals surface area contributed by atoms with Crippen LogP contribution in [0.15, 0.2) is 28.8 Å². The van der Waals surface area contributed by atoms with E-state index in [9.17, 15) is 0 Å². The van der Waals surface area contributed by atoms with Crippen molar-refractivity contribution in [3.8, 4) is 11.4 Å². The Morgan fingerprint density at radius 1 is 1.20 bits per heavy atom. The van der Waals surface area contributed by atoms with Crippen LogP contribution in [-0.2, 0) is 17.7 Å². The number of aryl methyl sites for hydroxylation is 1. The van der Waals surface area contributed by atoms with Gasteiger partial charge in [-0.25, -0.2) is 0 Å². The first-order valence-electron chi connectivity index (χ1n) is 9.30. The van der Waals surface area contributed by atoms with E-state index in [0.717, 1.165) is 38.0 Å². The van der Waals surface area contributed by atoms with Crippen molar-refractivity contribution in [3.05, 3.63) is 35.7 Å². The molecule has 3 rings (SSSR count). The predicted molar refractivity (Wildman–Crippen MR) is 98.2 cm³/mol. The van der Waals surface area contributed by atoms with Crippen LogP contribution < -0.4 is 0 Å². The molecule has 1 unspecified atom stereocenters. The number of hydrogen-bond donors (Lipinski definition) is 0. The summed E-state index contributed by atoms with van der Waals surface area (Å²) in [5, 5.41) is 4.17. The summed E-state index contributed by atoms with van der Waals surface area (Å²) >= 11 is 0. The lowest BCUT2D eigenvalue weighted by molar-refractivity contribution is -0.0848. The highest BCUT2D eigenvalue weighted by atomic mass is 16.5. The molecule has 2 aromatic rings. The van der Waals surface area contributed by atoms with Gasteiger partial charge < -0.3 is 9.26 Å². The van der Waals surface area contributed by atoms with Crippen LogP contribution in [0.5, 0.6) is 0 Å². The molecule has 0 saturated carbocycles. The Balaban J connectivity index is 1.68. The summed E-state index contributed by atoms with van der Waals surface area (Å²) < 4.78 is 11.4. The van der Waals surface area contributed by atoms with Crippen molar-refractivity contribution in [3.63, 3.8) is 0 Å². The summed E-state index contributed by atoms with van der Waals surface area (Å²) in [7, 11) is 0. The summed E-state index contributed by atoms with van der Waals surface area (Å²) in [6, 6.07) is 8.85. The minimum absolute atomic E-state index is 0.0582. The molecule has 5 nitrogen and oxygen atoms in total. The van der Waals surface area contributed by atoms with E-state index >= 15 is 0 Å². The summed E-state index contributed by atoms with van der Waals surface area (Å²) in [5.41, 5.74) is 2.26. The van der Waals surface area contributed by atoms with Crippen molar-refractivity contribution in [1.82, 2.24) is 15.0 Å². The van der Waals surface area contributed by atoms with E-state index in [4.69, 9.17) is 9.26 Å². The highest BCUT2D eigenvalue weighted by molar-refractivity contribution is 5.54. The molecule has 0 N–H and O–H groups in total. The molecule has 0 radical (unpaired) electrons. The van der Waals surface area contributed by atoms with Gasteiger partial charge in [-0.3, -0.25) is 4.90 Å². The minimum Gasteiger partial charge on any atom is -0.375 e. The van der Waals surface area contributed by atoms with Crippen molar-refractivity contribution in [1.29, 1.82) is 0 Å². The van der Waals surface area contributed by atoms with Crippen molar-refractivity contribution < 1.29 is 9.26 Å². The third-order valence-electron chi connectivity index (χ3n) is 5.02. The zero-order valence-electron chi connectivity index (χ0n) is 15.8. The van der Waals surface area contributed by atoms with Gasteiger partial charge in [0.2, 0.25) is 11.7 Å². The van der Waals surface area contributed by atoms with E-state index in [1.54, 1.807) is 0 Å². The molecule has 5 heteroatoms. The maximum Gasteiger partial charge on any atom is 0.241 e. The minimum atomic E-state index is -0.0582. The fourth-order valence-corrected chi connectivity index (χ4v) is 3.51. The van der Waals surface area contributed by atoms with Gasteiger partial charge in [0.25, 0.3) is 0 Å². The second-order valence-electron chi connectivity index (χ2n) is 7.38. The largest absolute Gasteiger partial charge is 0.375 e. The second kappa shape index (κ2) is 7.67. The average molecular weight is 343 g/mol. The van der Waals surface area contributed by atoms with Crippen molar-refractivity contribution in [2.45, 2.75) is 65.1 Å². The molecule has 1 saturated heterocycles. The molecule has 0 aliphatic carbocycles. The Hall–Kier alpha value is -1.72. The third kappa shape index (κ3) is 4.47. The maximum absolute atomic E-state index is 5.84. The van der Waals surface area contributed by atoms with Crippen LogP contribution in [0.3, 0.4) is 0 Å². The molecular formula is C20H29N3O2. The second-order valence-corrected chi connectivity index (χ2v) is 7.38. The van der Waals surface area contributed by atoms with Crippen molar-refractivity contribution in [2.24, 2.45) is 0 Å². The van der Waals surface area contributed by atoms with Gasteiger partial charge in [-0.2, -0.15) is 4.98 Å². The molecule has 0 amide bonds. The molecule has 0 spiro atoms. The van der Waals surface area contributed by atoms with Gasteiger partial charge in [0, 0.05) is 18.2 Å². The first kappa shape index (κ1) is 18.1. The Kier molecular flexibility index (Phi) is 5.54. The van der Waals surface area contributed by atoms with Gasteiger partial charge in [0.05, 0.1) is 12.1 Å². The maximum atomic E-state index is 5.84. The number of aromatic nitrogens is 2. The van der Waals surface area contributed by atoms with Crippen LogP contribution in [0.2, 0.25) is 0 Å². The molecule has 25 heavy (non-hydrogen) atoms. The van der Waals surface area contributed by atoms with Crippen molar-refractivity contribution >= 4 is 0 Å². The van der Waals surface area contributed by atoms with E-state index in [1.807, 2.05) is 0 Å². The molecule has 0 bridgehead atoms. The molecule has 1 atom stereocenters. The first-order chi connectivity index (χ1) is 12.0. The number of benzene rings is 1. The van der Waals surface area contributed by atoms with E-state index < -0.39 is 0 Å². The van der Waals surface area contributed by atoms with Gasteiger partial charge in [-0.05, 0) is 45.2 Å². The van der Waals surface area contributed by atoms with Crippen LogP contribution in [0.1, 0.15) is 52.0 Å².